The van der Waals surface area contributed by atoms with Crippen LogP contribution in [-0.2, 0) is 16.0 Å². The van der Waals surface area contributed by atoms with E-state index in [0.717, 1.165) is 21.0 Å². The molecule has 0 aliphatic carbocycles. The van der Waals surface area contributed by atoms with Gasteiger partial charge in [-0.05, 0) is 57.8 Å². The Labute approximate surface area is 167 Å². The van der Waals surface area contributed by atoms with Crippen LogP contribution in [0.4, 0.5) is 0 Å². The molecule has 0 spiro atoms. The molecular weight excluding hydrogens is 386 g/mol. The Kier molecular flexibility index (Phi) is 5.27. The number of thiophene rings is 1. The van der Waals surface area contributed by atoms with Gasteiger partial charge in [0.15, 0.2) is 0 Å². The van der Waals surface area contributed by atoms with Gasteiger partial charge in [0.25, 0.3) is 5.91 Å². The first-order valence-electron chi connectivity index (χ1n) is 8.73. The molecule has 0 fully saturated rings. The van der Waals surface area contributed by atoms with Crippen LogP contribution in [0, 0.1) is 6.92 Å². The number of carbonyl (C=O) groups excluding carboxylic acids is 2. The molecule has 0 saturated heterocycles. The molecule has 1 aliphatic rings. The second kappa shape index (κ2) is 7.20. The van der Waals surface area contributed by atoms with Crippen LogP contribution in [0.5, 0.6) is 0 Å². The number of aromatic nitrogens is 2. The maximum atomic E-state index is 13.0. The monoisotopic (exact) mass is 407 g/mol. The van der Waals surface area contributed by atoms with E-state index in [0.29, 0.717) is 18.5 Å². The van der Waals surface area contributed by atoms with E-state index >= 15 is 0 Å². The fourth-order valence-corrected chi connectivity index (χ4v) is 4.27. The number of ether oxygens (including phenoxy) is 1. The van der Waals surface area contributed by atoms with Gasteiger partial charge >= 0.3 is 5.97 Å². The van der Waals surface area contributed by atoms with Crippen molar-refractivity contribution in [3.05, 3.63) is 33.6 Å². The summed E-state index contributed by atoms with van der Waals surface area (Å²) in [6, 6.07) is 1.20. The average Bonchev–Trinajstić information content (AvgIpc) is 3.00. The quantitative estimate of drug-likeness (QED) is 0.570. The van der Waals surface area contributed by atoms with E-state index in [-0.39, 0.29) is 11.2 Å². The number of nitrogens with zero attached hydrogens (tertiary/aromatic N) is 3. The van der Waals surface area contributed by atoms with Crippen molar-refractivity contribution in [1.82, 2.24) is 14.9 Å². The van der Waals surface area contributed by atoms with Crippen LogP contribution in [0.3, 0.4) is 0 Å². The fraction of sp³-hybridized carbons (Fsp3) is 0.474. The maximum Gasteiger partial charge on any atom is 0.329 e. The van der Waals surface area contributed by atoms with Crippen molar-refractivity contribution in [3.8, 4) is 10.6 Å². The highest BCUT2D eigenvalue weighted by molar-refractivity contribution is 7.15. The number of hydrogen-bond donors (Lipinski definition) is 0. The second-order valence-corrected chi connectivity index (χ2v) is 9.05. The van der Waals surface area contributed by atoms with E-state index in [9.17, 15) is 9.59 Å². The van der Waals surface area contributed by atoms with Crippen LogP contribution >= 0.6 is 22.9 Å². The predicted octanol–water partition coefficient (Wildman–Crippen LogP) is 3.90. The van der Waals surface area contributed by atoms with Crippen molar-refractivity contribution < 1.29 is 14.3 Å². The first-order chi connectivity index (χ1) is 12.6. The molecule has 0 N–H and O–H groups in total. The van der Waals surface area contributed by atoms with Gasteiger partial charge in [-0.2, -0.15) is 0 Å². The summed E-state index contributed by atoms with van der Waals surface area (Å²) in [7, 11) is 0. The lowest BCUT2D eigenvalue weighted by Crippen LogP contribution is -2.48. The highest BCUT2D eigenvalue weighted by Gasteiger charge is 2.35. The predicted molar refractivity (Wildman–Crippen MR) is 105 cm³/mol. The molecule has 0 aromatic carbocycles. The van der Waals surface area contributed by atoms with E-state index in [1.54, 1.807) is 18.0 Å². The SMILES string of the molecule is Cc1cnc(Cl)nc1-c1cc2c(s1)CCN(C(C)C(=O)OC(C)(C)C)C2=O. The Bertz CT molecular complexity index is 904. The summed E-state index contributed by atoms with van der Waals surface area (Å²) in [5.74, 6) is -0.553. The number of halogens is 1. The van der Waals surface area contributed by atoms with E-state index in [2.05, 4.69) is 9.97 Å². The van der Waals surface area contributed by atoms with Crippen LogP contribution in [0.1, 0.15) is 48.5 Å². The molecule has 6 nitrogen and oxygen atoms in total. The molecule has 1 unspecified atom stereocenters. The molecule has 1 atom stereocenters. The van der Waals surface area contributed by atoms with Gasteiger partial charge in [0.05, 0.1) is 16.1 Å². The van der Waals surface area contributed by atoms with Crippen LogP contribution in [0.2, 0.25) is 5.28 Å². The summed E-state index contributed by atoms with van der Waals surface area (Å²) in [5.41, 5.74) is 1.65. The van der Waals surface area contributed by atoms with E-state index < -0.39 is 17.6 Å². The zero-order valence-electron chi connectivity index (χ0n) is 16.0. The first-order valence-corrected chi connectivity index (χ1v) is 9.92. The fourth-order valence-electron chi connectivity index (χ4n) is 2.94. The number of carbonyl (C=O) groups is 2. The normalized spacial score (nSPS) is 15.5. The van der Waals surface area contributed by atoms with Gasteiger partial charge in [0.1, 0.15) is 11.6 Å². The number of aryl methyl sites for hydroxylation is 1. The minimum absolute atomic E-state index is 0.157. The Morgan fingerprint density at radius 2 is 2.11 bits per heavy atom. The minimum Gasteiger partial charge on any atom is -0.458 e. The van der Waals surface area contributed by atoms with Crippen LogP contribution in [0.15, 0.2) is 12.3 Å². The van der Waals surface area contributed by atoms with Crippen molar-refractivity contribution in [2.24, 2.45) is 0 Å². The number of hydrogen-bond acceptors (Lipinski definition) is 6. The van der Waals surface area contributed by atoms with Gasteiger partial charge in [-0.15, -0.1) is 11.3 Å². The molecule has 8 heteroatoms. The van der Waals surface area contributed by atoms with E-state index in [4.69, 9.17) is 16.3 Å². The van der Waals surface area contributed by atoms with Crippen LogP contribution in [-0.4, -0.2) is 44.9 Å². The molecule has 0 bridgehead atoms. The summed E-state index contributed by atoms with van der Waals surface area (Å²) in [6.07, 6.45) is 2.36. The second-order valence-electron chi connectivity index (χ2n) is 7.58. The number of rotatable bonds is 3. The van der Waals surface area contributed by atoms with Crippen LogP contribution < -0.4 is 0 Å². The highest BCUT2D eigenvalue weighted by atomic mass is 35.5. The Hall–Kier alpha value is -1.99. The molecule has 1 amide bonds. The Balaban J connectivity index is 1.87. The van der Waals surface area contributed by atoms with Crippen molar-refractivity contribution in [2.45, 2.75) is 52.7 Å². The van der Waals surface area contributed by atoms with Crippen molar-refractivity contribution in [3.63, 3.8) is 0 Å². The first kappa shape index (κ1) is 19.8. The lowest BCUT2D eigenvalue weighted by atomic mass is 10.1. The maximum absolute atomic E-state index is 13.0. The van der Waals surface area contributed by atoms with Crippen LogP contribution in [0.25, 0.3) is 10.6 Å². The van der Waals surface area contributed by atoms with E-state index in [1.165, 1.54) is 11.3 Å². The largest absolute Gasteiger partial charge is 0.458 e. The standard InChI is InChI=1S/C19H22ClN3O3S/c1-10-9-21-18(20)22-15(10)14-8-12-13(27-14)6-7-23(16(12)24)11(2)17(25)26-19(3,4)5/h8-9,11H,6-7H2,1-5H3. The molecular formula is C19H22ClN3O3S. The zero-order valence-corrected chi connectivity index (χ0v) is 17.6. The Morgan fingerprint density at radius 3 is 2.78 bits per heavy atom. The molecule has 3 rings (SSSR count). The molecule has 3 heterocycles. The third-order valence-corrected chi connectivity index (χ3v) is 5.65. The molecule has 144 valence electrons. The molecule has 27 heavy (non-hydrogen) atoms. The van der Waals surface area contributed by atoms with Crippen molar-refractivity contribution in [2.75, 3.05) is 6.54 Å². The van der Waals surface area contributed by atoms with E-state index in [1.807, 2.05) is 33.8 Å². The summed E-state index contributed by atoms with van der Waals surface area (Å²) in [4.78, 5) is 37.1. The van der Waals surface area contributed by atoms with Crippen molar-refractivity contribution in [1.29, 1.82) is 0 Å². The molecule has 2 aromatic heterocycles. The molecule has 2 aromatic rings. The lowest BCUT2D eigenvalue weighted by Gasteiger charge is -2.32. The zero-order chi connectivity index (χ0) is 19.9. The van der Waals surface area contributed by atoms with Gasteiger partial charge in [-0.3, -0.25) is 4.79 Å². The summed E-state index contributed by atoms with van der Waals surface area (Å²) in [6.45, 7) is 9.54. The third kappa shape index (κ3) is 4.14. The molecule has 0 saturated carbocycles. The Morgan fingerprint density at radius 1 is 1.41 bits per heavy atom. The van der Waals surface area contributed by atoms with Crippen molar-refractivity contribution >= 4 is 34.8 Å². The minimum atomic E-state index is -0.636. The van der Waals surface area contributed by atoms with Gasteiger partial charge in [-0.25, -0.2) is 14.8 Å². The number of amides is 1. The number of esters is 1. The highest BCUT2D eigenvalue weighted by Crippen LogP contribution is 2.36. The summed E-state index contributed by atoms with van der Waals surface area (Å²) < 4.78 is 5.43. The number of fused-ring (bicyclic) bond motifs is 1. The topological polar surface area (TPSA) is 72.4 Å². The van der Waals surface area contributed by atoms with Gasteiger partial charge in [-0.1, -0.05) is 0 Å². The third-order valence-electron chi connectivity index (χ3n) is 4.27. The van der Waals surface area contributed by atoms with Gasteiger partial charge in [0.2, 0.25) is 5.28 Å². The summed E-state index contributed by atoms with van der Waals surface area (Å²) in [5, 5.41) is 0.175. The smallest absolute Gasteiger partial charge is 0.329 e. The molecule has 1 aliphatic heterocycles. The van der Waals surface area contributed by atoms with Gasteiger partial charge < -0.3 is 9.64 Å². The van der Waals surface area contributed by atoms with Gasteiger partial charge in [0, 0.05) is 24.0 Å². The molecule has 0 radical (unpaired) electrons. The average molecular weight is 408 g/mol. The lowest BCUT2D eigenvalue weighted by molar-refractivity contribution is -0.159. The summed E-state index contributed by atoms with van der Waals surface area (Å²) >= 11 is 7.46.